The third-order valence-electron chi connectivity index (χ3n) is 5.68. The van der Waals surface area contributed by atoms with E-state index >= 15 is 0 Å². The summed E-state index contributed by atoms with van der Waals surface area (Å²) in [7, 11) is 0. The van der Waals surface area contributed by atoms with E-state index in [9.17, 15) is 4.79 Å². The summed E-state index contributed by atoms with van der Waals surface area (Å²) in [6.07, 6.45) is 5.17. The number of piperidine rings is 1. The van der Waals surface area contributed by atoms with Gasteiger partial charge in [0.2, 0.25) is 5.91 Å². The quantitative estimate of drug-likeness (QED) is 0.932. The van der Waals surface area contributed by atoms with Crippen molar-refractivity contribution < 1.29 is 4.79 Å². The highest BCUT2D eigenvalue weighted by Crippen LogP contribution is 2.53. The molecule has 0 aromatic heterocycles. The second-order valence-electron chi connectivity index (χ2n) is 8.07. The van der Waals surface area contributed by atoms with E-state index in [2.05, 4.69) is 25.7 Å². The molecule has 120 valence electrons. The van der Waals surface area contributed by atoms with Crippen molar-refractivity contribution in [1.82, 2.24) is 4.90 Å². The standard InChI is InChI=1S/C19H28N2O/c1-18(2)13-19(3)11-7-10-16(18)21(19)17(22)15(20)12-14-8-5-4-6-9-14/h4-6,8-9,15-16H,7,10-13,20H2,1-3H3. The molecule has 3 atom stereocenters. The predicted molar refractivity (Wildman–Crippen MR) is 89.4 cm³/mol. The molecule has 3 rings (SSSR count). The summed E-state index contributed by atoms with van der Waals surface area (Å²) in [6, 6.07) is 10.00. The number of fused-ring (bicyclic) bond motifs is 2. The zero-order valence-corrected chi connectivity index (χ0v) is 14.0. The Morgan fingerprint density at radius 2 is 2.00 bits per heavy atom. The maximum atomic E-state index is 13.1. The molecule has 1 aromatic rings. The Hall–Kier alpha value is -1.35. The van der Waals surface area contributed by atoms with Crippen LogP contribution < -0.4 is 5.73 Å². The molecule has 1 aromatic carbocycles. The van der Waals surface area contributed by atoms with E-state index in [-0.39, 0.29) is 16.9 Å². The highest BCUT2D eigenvalue weighted by Gasteiger charge is 2.57. The van der Waals surface area contributed by atoms with Gasteiger partial charge in [-0.2, -0.15) is 0 Å². The van der Waals surface area contributed by atoms with Crippen LogP contribution in [0.15, 0.2) is 30.3 Å². The zero-order valence-electron chi connectivity index (χ0n) is 14.0. The normalized spacial score (nSPS) is 31.1. The van der Waals surface area contributed by atoms with Gasteiger partial charge in [0.1, 0.15) is 0 Å². The first-order valence-corrected chi connectivity index (χ1v) is 8.46. The van der Waals surface area contributed by atoms with Crippen LogP contribution in [0, 0.1) is 5.41 Å². The lowest BCUT2D eigenvalue weighted by molar-refractivity contribution is -0.141. The first-order chi connectivity index (χ1) is 10.3. The molecule has 2 fully saturated rings. The van der Waals surface area contributed by atoms with Gasteiger partial charge in [-0.1, -0.05) is 44.2 Å². The number of rotatable bonds is 3. The van der Waals surface area contributed by atoms with Gasteiger partial charge in [-0.05, 0) is 50.0 Å². The fourth-order valence-electron chi connectivity index (χ4n) is 4.87. The van der Waals surface area contributed by atoms with Gasteiger partial charge in [0.15, 0.2) is 0 Å². The lowest BCUT2D eigenvalue weighted by Crippen LogP contribution is -2.57. The van der Waals surface area contributed by atoms with Crippen molar-refractivity contribution in [2.24, 2.45) is 11.1 Å². The Bertz CT molecular complexity index is 554. The van der Waals surface area contributed by atoms with Crippen LogP contribution in [0.2, 0.25) is 0 Å². The highest BCUT2D eigenvalue weighted by molar-refractivity contribution is 5.83. The van der Waals surface area contributed by atoms with Crippen LogP contribution in [-0.2, 0) is 11.2 Å². The molecular formula is C19H28N2O. The average Bonchev–Trinajstić information content (AvgIpc) is 2.57. The molecule has 0 radical (unpaired) electrons. The van der Waals surface area contributed by atoms with E-state index in [0.29, 0.717) is 12.5 Å². The van der Waals surface area contributed by atoms with E-state index in [0.717, 1.165) is 24.8 Å². The number of carbonyl (C=O) groups excluding carboxylic acids is 1. The van der Waals surface area contributed by atoms with Crippen LogP contribution in [-0.4, -0.2) is 28.4 Å². The van der Waals surface area contributed by atoms with Crippen molar-refractivity contribution in [2.75, 3.05) is 0 Å². The third-order valence-corrected chi connectivity index (χ3v) is 5.68. The number of hydrogen-bond donors (Lipinski definition) is 1. The van der Waals surface area contributed by atoms with Crippen LogP contribution in [0.3, 0.4) is 0 Å². The van der Waals surface area contributed by atoms with E-state index in [1.54, 1.807) is 0 Å². The molecule has 3 nitrogen and oxygen atoms in total. The Morgan fingerprint density at radius 3 is 2.64 bits per heavy atom. The van der Waals surface area contributed by atoms with Gasteiger partial charge in [-0.3, -0.25) is 4.79 Å². The lowest BCUT2D eigenvalue weighted by Gasteiger charge is -2.44. The Balaban J connectivity index is 1.79. The minimum atomic E-state index is -0.434. The fourth-order valence-corrected chi connectivity index (χ4v) is 4.87. The van der Waals surface area contributed by atoms with Gasteiger partial charge in [-0.15, -0.1) is 0 Å². The van der Waals surface area contributed by atoms with E-state index in [1.807, 2.05) is 30.3 Å². The van der Waals surface area contributed by atoms with Crippen LogP contribution in [0.1, 0.15) is 52.0 Å². The molecule has 2 N–H and O–H groups in total. The van der Waals surface area contributed by atoms with Gasteiger partial charge < -0.3 is 10.6 Å². The SMILES string of the molecule is CC1(C)CC2(C)CCCC1N2C(=O)C(N)Cc1ccccc1. The Morgan fingerprint density at radius 1 is 1.32 bits per heavy atom. The number of nitrogens with two attached hydrogens (primary N) is 1. The molecule has 3 unspecified atom stereocenters. The molecule has 2 aliphatic rings. The number of hydrogen-bond acceptors (Lipinski definition) is 2. The maximum Gasteiger partial charge on any atom is 0.240 e. The molecule has 0 spiro atoms. The van der Waals surface area contributed by atoms with Gasteiger partial charge in [0, 0.05) is 11.6 Å². The summed E-state index contributed by atoms with van der Waals surface area (Å²) in [5.41, 5.74) is 7.62. The minimum Gasteiger partial charge on any atom is -0.332 e. The molecule has 0 aliphatic carbocycles. The second-order valence-corrected chi connectivity index (χ2v) is 8.07. The van der Waals surface area contributed by atoms with Crippen LogP contribution in [0.25, 0.3) is 0 Å². The van der Waals surface area contributed by atoms with Crippen molar-refractivity contribution in [3.8, 4) is 0 Å². The average molecular weight is 300 g/mol. The predicted octanol–water partition coefficient (Wildman–Crippen LogP) is 3.13. The monoisotopic (exact) mass is 300 g/mol. The molecule has 3 heteroatoms. The van der Waals surface area contributed by atoms with Gasteiger partial charge in [-0.25, -0.2) is 0 Å². The van der Waals surface area contributed by atoms with Crippen LogP contribution in [0.5, 0.6) is 0 Å². The van der Waals surface area contributed by atoms with Crippen molar-refractivity contribution in [3.05, 3.63) is 35.9 Å². The maximum absolute atomic E-state index is 13.1. The molecule has 2 heterocycles. The van der Waals surface area contributed by atoms with E-state index in [4.69, 9.17) is 5.73 Å². The van der Waals surface area contributed by atoms with Crippen molar-refractivity contribution in [1.29, 1.82) is 0 Å². The lowest BCUT2D eigenvalue weighted by atomic mass is 9.82. The molecule has 2 saturated heterocycles. The first-order valence-electron chi connectivity index (χ1n) is 8.46. The number of benzene rings is 1. The summed E-state index contributed by atoms with van der Waals surface area (Å²) in [4.78, 5) is 15.2. The van der Waals surface area contributed by atoms with Gasteiger partial charge in [0.25, 0.3) is 0 Å². The first kappa shape index (κ1) is 15.5. The van der Waals surface area contributed by atoms with Crippen molar-refractivity contribution in [3.63, 3.8) is 0 Å². The molecule has 2 aliphatic heterocycles. The number of amides is 1. The zero-order chi connectivity index (χ0) is 16.0. The van der Waals surface area contributed by atoms with Crippen molar-refractivity contribution >= 4 is 5.91 Å². The van der Waals surface area contributed by atoms with Crippen LogP contribution >= 0.6 is 0 Å². The van der Waals surface area contributed by atoms with Crippen LogP contribution in [0.4, 0.5) is 0 Å². The molecule has 1 amide bonds. The molecule has 2 bridgehead atoms. The van der Waals surface area contributed by atoms with Crippen molar-refractivity contribution in [2.45, 2.75) is 70.5 Å². The summed E-state index contributed by atoms with van der Waals surface area (Å²) in [5, 5.41) is 0. The Kier molecular flexibility index (Phi) is 3.80. The number of nitrogens with zero attached hydrogens (tertiary/aromatic N) is 1. The summed E-state index contributed by atoms with van der Waals surface area (Å²) < 4.78 is 0. The van der Waals surface area contributed by atoms with Gasteiger partial charge >= 0.3 is 0 Å². The molecule has 22 heavy (non-hydrogen) atoms. The number of carbonyl (C=O) groups is 1. The summed E-state index contributed by atoms with van der Waals surface area (Å²) in [6.45, 7) is 6.86. The van der Waals surface area contributed by atoms with E-state index < -0.39 is 6.04 Å². The largest absolute Gasteiger partial charge is 0.332 e. The second kappa shape index (κ2) is 5.38. The smallest absolute Gasteiger partial charge is 0.240 e. The molecule has 0 saturated carbocycles. The molecular weight excluding hydrogens is 272 g/mol. The summed E-state index contributed by atoms with van der Waals surface area (Å²) >= 11 is 0. The Labute approximate surface area is 133 Å². The van der Waals surface area contributed by atoms with E-state index in [1.165, 1.54) is 6.42 Å². The highest BCUT2D eigenvalue weighted by atomic mass is 16.2. The minimum absolute atomic E-state index is 0.00217. The third kappa shape index (κ3) is 2.56. The topological polar surface area (TPSA) is 46.3 Å². The van der Waals surface area contributed by atoms with Gasteiger partial charge in [0.05, 0.1) is 6.04 Å². The summed E-state index contributed by atoms with van der Waals surface area (Å²) in [5.74, 6) is 0.140. The fraction of sp³-hybridized carbons (Fsp3) is 0.632.